The summed E-state index contributed by atoms with van der Waals surface area (Å²) in [6, 6.07) is 0. The molecule has 1 rings (SSSR count). The van der Waals surface area contributed by atoms with Gasteiger partial charge in [-0.1, -0.05) is 6.92 Å². The smallest absolute Gasteiger partial charge is 0.0937 e. The van der Waals surface area contributed by atoms with Crippen LogP contribution in [0.25, 0.3) is 0 Å². The predicted molar refractivity (Wildman–Crippen MR) is 36.1 cm³/mol. The Kier molecular flexibility index (Phi) is 2.06. The molecular weight excluding hydrogens is 117 g/mol. The van der Waals surface area contributed by atoms with Gasteiger partial charge in [-0.2, -0.15) is 0 Å². The first-order valence-electron chi connectivity index (χ1n) is 3.48. The van der Waals surface area contributed by atoms with Gasteiger partial charge in [-0.3, -0.25) is 4.39 Å². The molecule has 0 spiro atoms. The van der Waals surface area contributed by atoms with Gasteiger partial charge < -0.3 is 4.90 Å². The first kappa shape index (κ1) is 7.00. The first-order chi connectivity index (χ1) is 4.24. The third-order valence-corrected chi connectivity index (χ3v) is 2.15. The molecule has 0 saturated carbocycles. The molecule has 54 valence electrons. The summed E-state index contributed by atoms with van der Waals surface area (Å²) in [6.07, 6.45) is 0. The third-order valence-electron chi connectivity index (χ3n) is 2.15. The second-order valence-corrected chi connectivity index (χ2v) is 3.11. The molecule has 0 radical (unpaired) electrons. The van der Waals surface area contributed by atoms with Gasteiger partial charge in [-0.25, -0.2) is 0 Å². The fourth-order valence-electron chi connectivity index (χ4n) is 1.50. The molecular formula is C7H14FN. The van der Waals surface area contributed by atoms with Gasteiger partial charge in [0, 0.05) is 19.0 Å². The highest BCUT2D eigenvalue weighted by molar-refractivity contribution is 4.78. The molecule has 0 bridgehead atoms. The van der Waals surface area contributed by atoms with Gasteiger partial charge >= 0.3 is 0 Å². The monoisotopic (exact) mass is 131 g/mol. The SMILES string of the molecule is CC1CN(C)CC1CF. The fourth-order valence-corrected chi connectivity index (χ4v) is 1.50. The van der Waals surface area contributed by atoms with Crippen LogP contribution in [0.4, 0.5) is 4.39 Å². The van der Waals surface area contributed by atoms with Crippen LogP contribution >= 0.6 is 0 Å². The summed E-state index contributed by atoms with van der Waals surface area (Å²) in [4.78, 5) is 2.19. The van der Waals surface area contributed by atoms with Crippen LogP contribution in [0.1, 0.15) is 6.92 Å². The summed E-state index contributed by atoms with van der Waals surface area (Å²) >= 11 is 0. The van der Waals surface area contributed by atoms with E-state index in [0.717, 1.165) is 13.1 Å². The Bertz CT molecular complexity index is 94.9. The van der Waals surface area contributed by atoms with Gasteiger partial charge in [-0.05, 0) is 13.0 Å². The molecule has 0 N–H and O–H groups in total. The van der Waals surface area contributed by atoms with Crippen LogP contribution in [0.5, 0.6) is 0 Å². The van der Waals surface area contributed by atoms with Gasteiger partial charge in [-0.15, -0.1) is 0 Å². The number of hydrogen-bond donors (Lipinski definition) is 0. The van der Waals surface area contributed by atoms with E-state index in [-0.39, 0.29) is 6.67 Å². The van der Waals surface area contributed by atoms with E-state index in [4.69, 9.17) is 0 Å². The average molecular weight is 131 g/mol. The molecule has 0 aliphatic carbocycles. The van der Waals surface area contributed by atoms with Crippen LogP contribution < -0.4 is 0 Å². The number of rotatable bonds is 1. The summed E-state index contributed by atoms with van der Waals surface area (Å²) in [6.45, 7) is 3.98. The number of nitrogens with zero attached hydrogens (tertiary/aromatic N) is 1. The van der Waals surface area contributed by atoms with Crippen molar-refractivity contribution in [2.24, 2.45) is 11.8 Å². The molecule has 1 heterocycles. The Labute approximate surface area is 55.8 Å². The molecule has 1 aliphatic heterocycles. The Morgan fingerprint density at radius 1 is 1.56 bits per heavy atom. The molecule has 1 nitrogen and oxygen atoms in total. The van der Waals surface area contributed by atoms with Crippen LogP contribution in [0.15, 0.2) is 0 Å². The minimum absolute atomic E-state index is 0.147. The summed E-state index contributed by atoms with van der Waals surface area (Å²) in [7, 11) is 2.05. The van der Waals surface area contributed by atoms with Crippen LogP contribution in [-0.4, -0.2) is 31.7 Å². The van der Waals surface area contributed by atoms with Crippen LogP contribution in [-0.2, 0) is 0 Å². The Hall–Kier alpha value is -0.110. The molecule has 0 aromatic heterocycles. The lowest BCUT2D eigenvalue weighted by molar-refractivity contribution is 0.320. The molecule has 2 heteroatoms. The van der Waals surface area contributed by atoms with Crippen molar-refractivity contribution >= 4 is 0 Å². The van der Waals surface area contributed by atoms with Crippen LogP contribution in [0.3, 0.4) is 0 Å². The number of halogens is 1. The van der Waals surface area contributed by atoms with E-state index in [0.29, 0.717) is 11.8 Å². The maximum absolute atomic E-state index is 12.1. The standard InChI is InChI=1S/C7H14FN/c1-6-4-9(2)5-7(6)3-8/h6-7H,3-5H2,1-2H3. The lowest BCUT2D eigenvalue weighted by Gasteiger charge is -2.06. The molecule has 0 aromatic carbocycles. The van der Waals surface area contributed by atoms with Gasteiger partial charge in [0.25, 0.3) is 0 Å². The van der Waals surface area contributed by atoms with E-state index < -0.39 is 0 Å². The van der Waals surface area contributed by atoms with E-state index in [2.05, 4.69) is 11.8 Å². The van der Waals surface area contributed by atoms with Gasteiger partial charge in [0.1, 0.15) is 0 Å². The van der Waals surface area contributed by atoms with Gasteiger partial charge in [0.2, 0.25) is 0 Å². The summed E-state index contributed by atoms with van der Waals surface area (Å²) < 4.78 is 12.1. The number of hydrogen-bond acceptors (Lipinski definition) is 1. The van der Waals surface area contributed by atoms with E-state index in [9.17, 15) is 4.39 Å². The minimum Gasteiger partial charge on any atom is -0.306 e. The number of likely N-dealkylation sites (tertiary alicyclic amines) is 1. The number of alkyl halides is 1. The molecule has 2 unspecified atom stereocenters. The average Bonchev–Trinajstić information content (AvgIpc) is 2.10. The third kappa shape index (κ3) is 1.42. The molecule has 9 heavy (non-hydrogen) atoms. The highest BCUT2D eigenvalue weighted by atomic mass is 19.1. The molecule has 2 atom stereocenters. The van der Waals surface area contributed by atoms with Crippen molar-refractivity contribution in [3.8, 4) is 0 Å². The maximum Gasteiger partial charge on any atom is 0.0937 e. The topological polar surface area (TPSA) is 3.24 Å². The summed E-state index contributed by atoms with van der Waals surface area (Å²) in [5.74, 6) is 0.856. The maximum atomic E-state index is 12.1. The molecule has 1 saturated heterocycles. The highest BCUT2D eigenvalue weighted by Gasteiger charge is 2.26. The Balaban J connectivity index is 2.38. The van der Waals surface area contributed by atoms with E-state index >= 15 is 0 Å². The predicted octanol–water partition coefficient (Wildman–Crippen LogP) is 1.15. The van der Waals surface area contributed by atoms with Crippen molar-refractivity contribution in [2.45, 2.75) is 6.92 Å². The summed E-state index contributed by atoms with van der Waals surface area (Å²) in [5, 5.41) is 0. The Morgan fingerprint density at radius 3 is 2.44 bits per heavy atom. The largest absolute Gasteiger partial charge is 0.306 e. The van der Waals surface area contributed by atoms with Crippen molar-refractivity contribution in [1.82, 2.24) is 4.90 Å². The van der Waals surface area contributed by atoms with Gasteiger partial charge in [0.05, 0.1) is 6.67 Å². The lowest BCUT2D eigenvalue weighted by Crippen LogP contribution is -2.14. The quantitative estimate of drug-likeness (QED) is 0.516. The highest BCUT2D eigenvalue weighted by Crippen LogP contribution is 2.21. The van der Waals surface area contributed by atoms with Crippen LogP contribution in [0.2, 0.25) is 0 Å². The van der Waals surface area contributed by atoms with Crippen molar-refractivity contribution < 1.29 is 4.39 Å². The van der Waals surface area contributed by atoms with E-state index in [1.54, 1.807) is 0 Å². The van der Waals surface area contributed by atoms with E-state index in [1.807, 2.05) is 7.05 Å². The lowest BCUT2D eigenvalue weighted by atomic mass is 10.0. The van der Waals surface area contributed by atoms with Crippen molar-refractivity contribution in [3.63, 3.8) is 0 Å². The second kappa shape index (κ2) is 2.65. The Morgan fingerprint density at radius 2 is 2.22 bits per heavy atom. The van der Waals surface area contributed by atoms with Crippen molar-refractivity contribution in [3.05, 3.63) is 0 Å². The fraction of sp³-hybridized carbons (Fsp3) is 1.00. The molecule has 0 amide bonds. The van der Waals surface area contributed by atoms with Crippen molar-refractivity contribution in [2.75, 3.05) is 26.8 Å². The molecule has 1 fully saturated rings. The van der Waals surface area contributed by atoms with Crippen molar-refractivity contribution in [1.29, 1.82) is 0 Å². The second-order valence-electron chi connectivity index (χ2n) is 3.11. The van der Waals surface area contributed by atoms with Crippen LogP contribution in [0, 0.1) is 11.8 Å². The minimum atomic E-state index is -0.147. The first-order valence-corrected chi connectivity index (χ1v) is 3.48. The van der Waals surface area contributed by atoms with E-state index in [1.165, 1.54) is 0 Å². The molecule has 1 aliphatic rings. The van der Waals surface area contributed by atoms with Gasteiger partial charge in [0.15, 0.2) is 0 Å². The zero-order valence-corrected chi connectivity index (χ0v) is 6.10. The normalized spacial score (nSPS) is 37.7. The zero-order chi connectivity index (χ0) is 6.85. The summed E-state index contributed by atoms with van der Waals surface area (Å²) in [5.41, 5.74) is 0. The molecule has 0 aromatic rings. The zero-order valence-electron chi connectivity index (χ0n) is 6.10.